The third kappa shape index (κ3) is 4.82. The van der Waals surface area contributed by atoms with Crippen LogP contribution in [-0.2, 0) is 9.53 Å². The summed E-state index contributed by atoms with van der Waals surface area (Å²) in [5, 5.41) is 0. The van der Waals surface area contributed by atoms with Gasteiger partial charge in [-0.1, -0.05) is 30.3 Å². The Bertz CT molecular complexity index is 822. The normalized spacial score (nSPS) is 22.5. The van der Waals surface area contributed by atoms with E-state index in [4.69, 9.17) is 4.74 Å². The Labute approximate surface area is 178 Å². The maximum absolute atomic E-state index is 13.2. The summed E-state index contributed by atoms with van der Waals surface area (Å²) in [7, 11) is 1.57. The van der Waals surface area contributed by atoms with Crippen LogP contribution in [0, 0.1) is 11.7 Å². The molecule has 0 aliphatic carbocycles. The number of methoxy groups -OCH3 is 1. The van der Waals surface area contributed by atoms with Gasteiger partial charge in [-0.2, -0.15) is 0 Å². The smallest absolute Gasteiger partial charge is 0.248 e. The molecule has 0 saturated carbocycles. The predicted molar refractivity (Wildman–Crippen MR) is 116 cm³/mol. The number of carbonyl (C=O) groups excluding carboxylic acids is 1. The van der Waals surface area contributed by atoms with E-state index in [1.54, 1.807) is 7.11 Å². The van der Waals surface area contributed by atoms with Gasteiger partial charge >= 0.3 is 0 Å². The lowest BCUT2D eigenvalue weighted by atomic mass is 9.88. The van der Waals surface area contributed by atoms with Crippen molar-refractivity contribution in [2.45, 2.75) is 5.92 Å². The van der Waals surface area contributed by atoms with Crippen molar-refractivity contribution >= 4 is 11.6 Å². The molecular weight excluding hydrogens is 381 g/mol. The standard InChI is InChI=1S/C24H30FN3O2/c1-30-18-24(29)28-16-20(23(17-28)19-5-3-2-4-6-19)15-26-11-13-27(14-12-26)22-9-7-21(25)8-10-22/h2-10,20,23H,11-18H2,1H3. The SMILES string of the molecule is COCC(=O)N1CC(CN2CCN(c3ccc(F)cc3)CC2)C(c2ccccc2)C1. The second-order valence-corrected chi connectivity index (χ2v) is 8.27. The summed E-state index contributed by atoms with van der Waals surface area (Å²) in [5.41, 5.74) is 2.38. The Balaban J connectivity index is 1.39. The highest BCUT2D eigenvalue weighted by molar-refractivity contribution is 5.78. The number of benzene rings is 2. The van der Waals surface area contributed by atoms with Gasteiger partial charge in [0.05, 0.1) is 0 Å². The number of hydrogen-bond donors (Lipinski definition) is 0. The quantitative estimate of drug-likeness (QED) is 0.733. The van der Waals surface area contributed by atoms with Crippen LogP contribution < -0.4 is 4.90 Å². The van der Waals surface area contributed by atoms with Gasteiger partial charge in [0.15, 0.2) is 0 Å². The molecule has 2 aliphatic heterocycles. The third-order valence-corrected chi connectivity index (χ3v) is 6.35. The van der Waals surface area contributed by atoms with Crippen LogP contribution in [0.4, 0.5) is 10.1 Å². The first-order valence-corrected chi connectivity index (χ1v) is 10.7. The highest BCUT2D eigenvalue weighted by Gasteiger charge is 2.37. The van der Waals surface area contributed by atoms with Gasteiger partial charge in [-0.15, -0.1) is 0 Å². The largest absolute Gasteiger partial charge is 0.375 e. The van der Waals surface area contributed by atoms with Crippen molar-refractivity contribution in [3.05, 3.63) is 66.0 Å². The minimum atomic E-state index is -0.196. The summed E-state index contributed by atoms with van der Waals surface area (Å²) in [6.07, 6.45) is 0. The molecule has 2 heterocycles. The maximum Gasteiger partial charge on any atom is 0.248 e. The highest BCUT2D eigenvalue weighted by atomic mass is 19.1. The number of likely N-dealkylation sites (tertiary alicyclic amines) is 1. The van der Waals surface area contributed by atoms with Crippen molar-refractivity contribution in [2.24, 2.45) is 5.92 Å². The number of hydrogen-bond acceptors (Lipinski definition) is 4. The zero-order valence-corrected chi connectivity index (χ0v) is 17.5. The van der Waals surface area contributed by atoms with Gasteiger partial charge < -0.3 is 14.5 Å². The number of anilines is 1. The topological polar surface area (TPSA) is 36.0 Å². The van der Waals surface area contributed by atoms with E-state index in [0.717, 1.165) is 51.5 Å². The molecule has 2 saturated heterocycles. The van der Waals surface area contributed by atoms with E-state index in [9.17, 15) is 9.18 Å². The molecule has 0 spiro atoms. The molecular formula is C24H30FN3O2. The average molecular weight is 412 g/mol. The van der Waals surface area contributed by atoms with Gasteiger partial charge in [-0.25, -0.2) is 4.39 Å². The number of piperazine rings is 1. The molecule has 2 aromatic carbocycles. The van der Waals surface area contributed by atoms with Gasteiger partial charge in [-0.05, 0) is 35.7 Å². The van der Waals surface area contributed by atoms with E-state index in [0.29, 0.717) is 11.8 Å². The molecule has 2 aliphatic rings. The number of nitrogens with zero attached hydrogens (tertiary/aromatic N) is 3. The van der Waals surface area contributed by atoms with E-state index < -0.39 is 0 Å². The molecule has 0 bridgehead atoms. The van der Waals surface area contributed by atoms with Crippen LogP contribution in [0.25, 0.3) is 0 Å². The number of carbonyl (C=O) groups is 1. The molecule has 1 amide bonds. The van der Waals surface area contributed by atoms with E-state index in [1.165, 1.54) is 17.7 Å². The molecule has 2 aromatic rings. The predicted octanol–water partition coefficient (Wildman–Crippen LogP) is 2.84. The van der Waals surface area contributed by atoms with Crippen LogP contribution in [0.5, 0.6) is 0 Å². The fourth-order valence-corrected chi connectivity index (χ4v) is 4.72. The lowest BCUT2D eigenvalue weighted by Gasteiger charge is -2.37. The summed E-state index contributed by atoms with van der Waals surface area (Å²) in [5.74, 6) is 0.632. The van der Waals surface area contributed by atoms with Crippen LogP contribution in [-0.4, -0.2) is 75.2 Å². The molecule has 4 rings (SSSR count). The van der Waals surface area contributed by atoms with Crippen molar-refractivity contribution in [1.29, 1.82) is 0 Å². The number of ether oxygens (including phenoxy) is 1. The van der Waals surface area contributed by atoms with Crippen LogP contribution in [0.15, 0.2) is 54.6 Å². The molecule has 0 N–H and O–H groups in total. The monoisotopic (exact) mass is 411 g/mol. The van der Waals surface area contributed by atoms with Crippen molar-refractivity contribution in [1.82, 2.24) is 9.80 Å². The van der Waals surface area contributed by atoms with E-state index >= 15 is 0 Å². The molecule has 160 valence electrons. The summed E-state index contributed by atoms with van der Waals surface area (Å²) in [4.78, 5) is 19.2. The zero-order valence-electron chi connectivity index (χ0n) is 17.5. The van der Waals surface area contributed by atoms with Gasteiger partial charge in [0.25, 0.3) is 0 Å². The Morgan fingerprint density at radius 3 is 2.37 bits per heavy atom. The van der Waals surface area contributed by atoms with Gasteiger partial charge in [0, 0.05) is 64.5 Å². The molecule has 6 heteroatoms. The Hall–Kier alpha value is -2.44. The number of rotatable bonds is 6. The highest BCUT2D eigenvalue weighted by Crippen LogP contribution is 2.33. The molecule has 2 fully saturated rings. The van der Waals surface area contributed by atoms with Gasteiger partial charge in [0.1, 0.15) is 12.4 Å². The van der Waals surface area contributed by atoms with Crippen molar-refractivity contribution < 1.29 is 13.9 Å². The molecule has 30 heavy (non-hydrogen) atoms. The molecule has 2 atom stereocenters. The maximum atomic E-state index is 13.2. The summed E-state index contributed by atoms with van der Waals surface area (Å²) in [6, 6.07) is 17.3. The molecule has 2 unspecified atom stereocenters. The van der Waals surface area contributed by atoms with Gasteiger partial charge in [0.2, 0.25) is 5.91 Å². The second-order valence-electron chi connectivity index (χ2n) is 8.27. The first-order valence-electron chi connectivity index (χ1n) is 10.7. The first kappa shape index (κ1) is 20.8. The van der Waals surface area contributed by atoms with Crippen LogP contribution >= 0.6 is 0 Å². The van der Waals surface area contributed by atoms with Crippen LogP contribution in [0.1, 0.15) is 11.5 Å². The lowest BCUT2D eigenvalue weighted by molar-refractivity contribution is -0.134. The minimum Gasteiger partial charge on any atom is -0.375 e. The second kappa shape index (κ2) is 9.58. The van der Waals surface area contributed by atoms with Crippen molar-refractivity contribution in [2.75, 3.05) is 64.4 Å². The van der Waals surface area contributed by atoms with E-state index in [2.05, 4.69) is 34.1 Å². The van der Waals surface area contributed by atoms with Crippen LogP contribution in [0.3, 0.4) is 0 Å². The van der Waals surface area contributed by atoms with Crippen molar-refractivity contribution in [3.63, 3.8) is 0 Å². The average Bonchev–Trinajstić information content (AvgIpc) is 3.20. The van der Waals surface area contributed by atoms with Crippen molar-refractivity contribution in [3.8, 4) is 0 Å². The number of amides is 1. The fraction of sp³-hybridized carbons (Fsp3) is 0.458. The third-order valence-electron chi connectivity index (χ3n) is 6.35. The summed E-state index contributed by atoms with van der Waals surface area (Å²) < 4.78 is 18.3. The summed E-state index contributed by atoms with van der Waals surface area (Å²) in [6.45, 7) is 6.47. The van der Waals surface area contributed by atoms with E-state index in [-0.39, 0.29) is 18.3 Å². The van der Waals surface area contributed by atoms with E-state index in [1.807, 2.05) is 23.1 Å². The Morgan fingerprint density at radius 2 is 1.70 bits per heavy atom. The zero-order chi connectivity index (χ0) is 20.9. The minimum absolute atomic E-state index is 0.0714. The molecule has 0 aromatic heterocycles. The fourth-order valence-electron chi connectivity index (χ4n) is 4.72. The van der Waals surface area contributed by atoms with Gasteiger partial charge in [-0.3, -0.25) is 9.69 Å². The number of halogens is 1. The lowest BCUT2D eigenvalue weighted by Crippen LogP contribution is -2.48. The van der Waals surface area contributed by atoms with Crippen LogP contribution in [0.2, 0.25) is 0 Å². The first-order chi connectivity index (χ1) is 14.6. The Kier molecular flexibility index (Phi) is 6.65. The Morgan fingerprint density at radius 1 is 1.00 bits per heavy atom. The molecule has 5 nitrogen and oxygen atoms in total. The molecule has 0 radical (unpaired) electrons. The summed E-state index contributed by atoms with van der Waals surface area (Å²) >= 11 is 0.